The summed E-state index contributed by atoms with van der Waals surface area (Å²) in [5, 5.41) is 0.868. The Kier molecular flexibility index (Phi) is 6.97. The highest BCUT2D eigenvalue weighted by Gasteiger charge is 2.14. The fraction of sp³-hybridized carbons (Fsp3) is 0.0741. The third-order valence-electron chi connectivity index (χ3n) is 5.36. The van der Waals surface area contributed by atoms with Gasteiger partial charge in [-0.15, -0.1) is 0 Å². The van der Waals surface area contributed by atoms with Crippen molar-refractivity contribution in [2.75, 3.05) is 0 Å². The maximum Gasteiger partial charge on any atom is 0.193 e. The molecule has 0 saturated carbocycles. The minimum Gasteiger partial charge on any atom is -0.289 e. The highest BCUT2D eigenvalue weighted by Crippen LogP contribution is 2.28. The molecule has 0 spiro atoms. The Morgan fingerprint density at radius 3 is 1.31 bits per heavy atom. The Morgan fingerprint density at radius 2 is 0.969 bits per heavy atom. The molecule has 0 unspecified atom stereocenters. The lowest BCUT2D eigenvalue weighted by atomic mass is 9.96. The zero-order chi connectivity index (χ0) is 22.7. The number of benzene rings is 4. The van der Waals surface area contributed by atoms with Crippen molar-refractivity contribution in [1.82, 2.24) is 0 Å². The van der Waals surface area contributed by atoms with E-state index in [0.29, 0.717) is 55.2 Å². The minimum absolute atomic E-state index is 0.146. The summed E-state index contributed by atoms with van der Waals surface area (Å²) in [6.07, 6.45) is 0. The van der Waals surface area contributed by atoms with E-state index in [4.69, 9.17) is 0 Å². The highest BCUT2D eigenvalue weighted by molar-refractivity contribution is 9.08. The second kappa shape index (κ2) is 9.88. The molecule has 0 saturated heterocycles. The average Bonchev–Trinajstić information content (AvgIpc) is 2.84. The molecular weight excluding hydrogens is 538 g/mol. The van der Waals surface area contributed by atoms with Gasteiger partial charge in [0.05, 0.1) is 0 Å². The molecular formula is C27H18Br2F2O. The van der Waals surface area contributed by atoms with E-state index in [1.165, 1.54) is 0 Å². The van der Waals surface area contributed by atoms with Gasteiger partial charge in [-0.3, -0.25) is 4.79 Å². The first kappa shape index (κ1) is 22.6. The predicted octanol–water partition coefficient (Wildman–Crippen LogP) is 8.32. The Hall–Kier alpha value is -2.63. The van der Waals surface area contributed by atoms with Crippen molar-refractivity contribution >= 4 is 37.6 Å². The SMILES string of the molecule is O=C(c1ccc(-c2cccc(CBr)c2F)cc1)c1ccc(-c2cccc(CBr)c2F)cc1. The Bertz CT molecular complexity index is 1170. The topological polar surface area (TPSA) is 17.1 Å². The fourth-order valence-electron chi connectivity index (χ4n) is 3.58. The number of ketones is 1. The van der Waals surface area contributed by atoms with Crippen LogP contribution in [0.5, 0.6) is 0 Å². The normalized spacial score (nSPS) is 10.9. The van der Waals surface area contributed by atoms with Gasteiger partial charge in [-0.1, -0.05) is 117 Å². The summed E-state index contributed by atoms with van der Waals surface area (Å²) in [6, 6.07) is 24.3. The quantitative estimate of drug-likeness (QED) is 0.173. The zero-order valence-electron chi connectivity index (χ0n) is 16.9. The minimum atomic E-state index is -0.268. The lowest BCUT2D eigenvalue weighted by molar-refractivity contribution is 0.103. The van der Waals surface area contributed by atoms with Gasteiger partial charge in [0.1, 0.15) is 11.6 Å². The first-order valence-corrected chi connectivity index (χ1v) is 12.2. The van der Waals surface area contributed by atoms with E-state index in [-0.39, 0.29) is 17.4 Å². The molecule has 4 aromatic rings. The highest BCUT2D eigenvalue weighted by atomic mass is 79.9. The molecule has 0 fully saturated rings. The lowest BCUT2D eigenvalue weighted by Crippen LogP contribution is -2.01. The molecule has 0 bridgehead atoms. The van der Waals surface area contributed by atoms with E-state index in [9.17, 15) is 13.6 Å². The largest absolute Gasteiger partial charge is 0.289 e. The molecule has 0 atom stereocenters. The third-order valence-corrected chi connectivity index (χ3v) is 6.57. The molecule has 0 N–H and O–H groups in total. The predicted molar refractivity (Wildman–Crippen MR) is 132 cm³/mol. The van der Waals surface area contributed by atoms with Gasteiger partial charge in [-0.25, -0.2) is 8.78 Å². The monoisotopic (exact) mass is 554 g/mol. The first-order valence-electron chi connectivity index (χ1n) is 9.95. The van der Waals surface area contributed by atoms with Gasteiger partial charge in [0.15, 0.2) is 5.78 Å². The molecule has 0 radical (unpaired) electrons. The van der Waals surface area contributed by atoms with Crippen LogP contribution >= 0.6 is 31.9 Å². The Morgan fingerprint density at radius 1 is 0.594 bits per heavy atom. The lowest BCUT2D eigenvalue weighted by Gasteiger charge is -2.09. The van der Waals surface area contributed by atoms with Gasteiger partial charge in [-0.05, 0) is 22.3 Å². The van der Waals surface area contributed by atoms with Crippen molar-refractivity contribution in [3.8, 4) is 22.3 Å². The van der Waals surface area contributed by atoms with Crippen molar-refractivity contribution in [3.05, 3.63) is 119 Å². The van der Waals surface area contributed by atoms with E-state index in [1.54, 1.807) is 72.8 Å². The van der Waals surface area contributed by atoms with Crippen molar-refractivity contribution in [3.63, 3.8) is 0 Å². The summed E-state index contributed by atoms with van der Waals surface area (Å²) in [5.74, 6) is -0.682. The van der Waals surface area contributed by atoms with Gasteiger partial charge in [-0.2, -0.15) is 0 Å². The molecule has 0 aliphatic heterocycles. The van der Waals surface area contributed by atoms with Crippen LogP contribution in [0.2, 0.25) is 0 Å². The first-order chi connectivity index (χ1) is 15.5. The smallest absolute Gasteiger partial charge is 0.193 e. The van der Waals surface area contributed by atoms with Crippen LogP contribution in [0.4, 0.5) is 8.78 Å². The molecule has 160 valence electrons. The van der Waals surface area contributed by atoms with Gasteiger partial charge in [0.25, 0.3) is 0 Å². The van der Waals surface area contributed by atoms with Crippen LogP contribution < -0.4 is 0 Å². The standard InChI is InChI=1S/C27H18Br2F2O/c28-15-21-3-1-5-23(25(21)30)17-7-11-19(12-8-17)27(32)20-13-9-18(10-14-20)24-6-2-4-22(16-29)26(24)31/h1-14H,15-16H2. The molecule has 5 heteroatoms. The van der Waals surface area contributed by atoms with Crippen LogP contribution in [0, 0.1) is 11.6 Å². The molecule has 4 aromatic carbocycles. The zero-order valence-corrected chi connectivity index (χ0v) is 20.1. The van der Waals surface area contributed by atoms with Crippen LogP contribution in [0.15, 0.2) is 84.9 Å². The second-order valence-corrected chi connectivity index (χ2v) is 8.43. The summed E-state index contributed by atoms with van der Waals surface area (Å²) in [6.45, 7) is 0. The van der Waals surface area contributed by atoms with Gasteiger partial charge >= 0.3 is 0 Å². The number of hydrogen-bond acceptors (Lipinski definition) is 1. The Balaban J connectivity index is 1.58. The molecule has 4 rings (SSSR count). The average molecular weight is 556 g/mol. The van der Waals surface area contributed by atoms with Gasteiger partial charge in [0, 0.05) is 32.9 Å². The van der Waals surface area contributed by atoms with Crippen molar-refractivity contribution < 1.29 is 13.6 Å². The number of halogens is 4. The van der Waals surface area contributed by atoms with Crippen molar-refractivity contribution in [1.29, 1.82) is 0 Å². The van der Waals surface area contributed by atoms with E-state index in [0.717, 1.165) is 0 Å². The van der Waals surface area contributed by atoms with Crippen LogP contribution in [-0.4, -0.2) is 5.78 Å². The van der Waals surface area contributed by atoms with Crippen molar-refractivity contribution in [2.24, 2.45) is 0 Å². The van der Waals surface area contributed by atoms with Crippen LogP contribution in [0.25, 0.3) is 22.3 Å². The summed E-state index contributed by atoms with van der Waals surface area (Å²) >= 11 is 6.59. The second-order valence-electron chi connectivity index (χ2n) is 7.31. The molecule has 0 aliphatic rings. The number of alkyl halides is 2. The molecule has 0 aliphatic carbocycles. The maximum atomic E-state index is 14.6. The summed E-state index contributed by atoms with van der Waals surface area (Å²) in [5.41, 5.74) is 4.59. The molecule has 0 heterocycles. The fourth-order valence-corrected chi connectivity index (χ4v) is 4.45. The molecule has 1 nitrogen and oxygen atoms in total. The van der Waals surface area contributed by atoms with Crippen molar-refractivity contribution in [2.45, 2.75) is 10.7 Å². The number of carbonyl (C=O) groups is 1. The third kappa shape index (κ3) is 4.45. The molecule has 0 amide bonds. The maximum absolute atomic E-state index is 14.6. The van der Waals surface area contributed by atoms with Crippen LogP contribution in [-0.2, 0) is 10.7 Å². The molecule has 0 aromatic heterocycles. The van der Waals surface area contributed by atoms with Crippen LogP contribution in [0.1, 0.15) is 27.0 Å². The van der Waals surface area contributed by atoms with Gasteiger partial charge < -0.3 is 0 Å². The number of rotatable bonds is 6. The number of hydrogen-bond donors (Lipinski definition) is 0. The van der Waals surface area contributed by atoms with Gasteiger partial charge in [0.2, 0.25) is 0 Å². The van der Waals surface area contributed by atoms with Crippen LogP contribution in [0.3, 0.4) is 0 Å². The molecule has 32 heavy (non-hydrogen) atoms. The summed E-state index contributed by atoms with van der Waals surface area (Å²) < 4.78 is 29.2. The Labute approximate surface area is 202 Å². The number of carbonyl (C=O) groups excluding carboxylic acids is 1. The van der Waals surface area contributed by atoms with E-state index >= 15 is 0 Å². The van der Waals surface area contributed by atoms with E-state index in [2.05, 4.69) is 31.9 Å². The summed E-state index contributed by atoms with van der Waals surface area (Å²) in [4.78, 5) is 12.9. The van der Waals surface area contributed by atoms with E-state index < -0.39 is 0 Å². The summed E-state index contributed by atoms with van der Waals surface area (Å²) in [7, 11) is 0. The van der Waals surface area contributed by atoms with E-state index in [1.807, 2.05) is 12.1 Å².